The topological polar surface area (TPSA) is 48.6 Å². The van der Waals surface area contributed by atoms with E-state index in [2.05, 4.69) is 28.1 Å². The molecule has 31 heavy (non-hydrogen) atoms. The summed E-state index contributed by atoms with van der Waals surface area (Å²) in [4.78, 5) is 24.3. The smallest absolute Gasteiger partial charge is 0.151 e. The number of hydrogen-bond donors (Lipinski definition) is 1. The maximum absolute atomic E-state index is 12.4. The molecule has 0 aliphatic carbocycles. The average Bonchev–Trinajstić information content (AvgIpc) is 3.14. The summed E-state index contributed by atoms with van der Waals surface area (Å²) < 4.78 is 0. The third-order valence-electron chi connectivity index (χ3n) is 5.90. The average molecular weight is 434 g/mol. The Kier molecular flexibility index (Phi) is 5.40. The monoisotopic (exact) mass is 433 g/mol. The second kappa shape index (κ2) is 8.35. The zero-order valence-corrected chi connectivity index (χ0v) is 18.1. The number of benzene rings is 3. The van der Waals surface area contributed by atoms with Crippen LogP contribution in [0.1, 0.15) is 12.5 Å². The van der Waals surface area contributed by atoms with Crippen LogP contribution >= 0.6 is 11.6 Å². The normalized spacial score (nSPS) is 17.9. The molecule has 3 aromatic carbocycles. The van der Waals surface area contributed by atoms with E-state index in [0.29, 0.717) is 13.1 Å². The van der Waals surface area contributed by atoms with E-state index >= 15 is 0 Å². The van der Waals surface area contributed by atoms with Crippen molar-refractivity contribution in [3.8, 4) is 5.75 Å². The number of Topliss-reactive ketones (excluding diaryl/α,β-unsaturated/α-hetero) is 1. The minimum Gasteiger partial charge on any atom is -0.405 e. The van der Waals surface area contributed by atoms with Gasteiger partial charge in [-0.3, -0.25) is 9.69 Å². The van der Waals surface area contributed by atoms with Gasteiger partial charge in [0.2, 0.25) is 0 Å². The van der Waals surface area contributed by atoms with Crippen LogP contribution in [0.25, 0.3) is 21.8 Å². The number of aromatic amines is 1. The summed E-state index contributed by atoms with van der Waals surface area (Å²) in [6, 6.07) is 21.9. The summed E-state index contributed by atoms with van der Waals surface area (Å²) in [6.45, 7) is 4.53. The van der Waals surface area contributed by atoms with E-state index in [4.69, 9.17) is 16.4 Å². The van der Waals surface area contributed by atoms with Gasteiger partial charge in [0, 0.05) is 53.6 Å². The van der Waals surface area contributed by atoms with Gasteiger partial charge in [-0.2, -0.15) is 0 Å². The molecule has 1 saturated heterocycles. The molecule has 1 N–H and O–H groups in total. The molecular weight excluding hydrogens is 410 g/mol. The Morgan fingerprint density at radius 2 is 1.81 bits per heavy atom. The number of halogens is 1. The third-order valence-corrected chi connectivity index (χ3v) is 6.16. The molecule has 0 amide bonds. The Morgan fingerprint density at radius 3 is 2.61 bits per heavy atom. The Hall–Kier alpha value is -2.86. The van der Waals surface area contributed by atoms with Gasteiger partial charge in [-0.1, -0.05) is 41.9 Å². The molecule has 158 valence electrons. The highest BCUT2D eigenvalue weighted by atomic mass is 35.5. The number of H-pyrrole nitrogens is 1. The zero-order chi connectivity index (χ0) is 21.4. The summed E-state index contributed by atoms with van der Waals surface area (Å²) in [7, 11) is 0. The van der Waals surface area contributed by atoms with Crippen molar-refractivity contribution >= 4 is 39.2 Å². The molecule has 4 aromatic rings. The van der Waals surface area contributed by atoms with Gasteiger partial charge in [-0.25, -0.2) is 0 Å². The van der Waals surface area contributed by atoms with Gasteiger partial charge in [0.05, 0.1) is 5.52 Å². The second-order valence-electron chi connectivity index (χ2n) is 8.10. The molecule has 5 nitrogen and oxygen atoms in total. The van der Waals surface area contributed by atoms with E-state index in [1.54, 1.807) is 6.92 Å². The zero-order valence-electron chi connectivity index (χ0n) is 17.3. The number of piperazine rings is 1. The molecule has 1 atom stereocenters. The van der Waals surface area contributed by atoms with Gasteiger partial charge >= 0.3 is 0 Å². The van der Waals surface area contributed by atoms with Crippen molar-refractivity contribution in [3.05, 3.63) is 77.3 Å². The fourth-order valence-electron chi connectivity index (χ4n) is 4.28. The van der Waals surface area contributed by atoms with Gasteiger partial charge < -0.3 is 9.82 Å². The first-order valence-electron chi connectivity index (χ1n) is 10.5. The van der Waals surface area contributed by atoms with Crippen LogP contribution in [-0.2, 0) is 11.3 Å². The lowest BCUT2D eigenvalue weighted by Gasteiger charge is -2.39. The Balaban J connectivity index is 1.32. The molecule has 2 heterocycles. The predicted octanol–water partition coefficient (Wildman–Crippen LogP) is 5.04. The van der Waals surface area contributed by atoms with E-state index in [9.17, 15) is 4.79 Å². The molecule has 0 radical (unpaired) electrons. The quantitative estimate of drug-likeness (QED) is 0.478. The maximum atomic E-state index is 12.4. The lowest BCUT2D eigenvalue weighted by Crippen LogP contribution is -2.56. The maximum Gasteiger partial charge on any atom is 0.151 e. The van der Waals surface area contributed by atoms with Crippen molar-refractivity contribution in [2.24, 2.45) is 0 Å². The summed E-state index contributed by atoms with van der Waals surface area (Å²) >= 11 is 5.99. The van der Waals surface area contributed by atoms with E-state index in [1.165, 1.54) is 16.3 Å². The third kappa shape index (κ3) is 4.17. The first-order chi connectivity index (χ1) is 15.1. The number of rotatable bonds is 5. The lowest BCUT2D eigenvalue weighted by atomic mass is 10.1. The van der Waals surface area contributed by atoms with Crippen LogP contribution in [0.5, 0.6) is 5.75 Å². The Labute approximate surface area is 186 Å². The number of ketones is 1. The van der Waals surface area contributed by atoms with Crippen molar-refractivity contribution in [2.45, 2.75) is 19.5 Å². The molecule has 1 unspecified atom stereocenters. The number of aromatic nitrogens is 1. The van der Waals surface area contributed by atoms with Crippen LogP contribution in [0.3, 0.4) is 0 Å². The van der Waals surface area contributed by atoms with Gasteiger partial charge in [-0.15, -0.1) is 5.06 Å². The second-order valence-corrected chi connectivity index (χ2v) is 8.53. The fraction of sp³-hybridized carbons (Fsp3) is 0.240. The van der Waals surface area contributed by atoms with Crippen molar-refractivity contribution in [2.75, 3.05) is 19.6 Å². The predicted molar refractivity (Wildman–Crippen MR) is 124 cm³/mol. The molecule has 1 aromatic heterocycles. The number of carbonyl (C=O) groups is 1. The lowest BCUT2D eigenvalue weighted by molar-refractivity contribution is -0.153. The number of para-hydroxylation sites is 1. The fourth-order valence-corrected chi connectivity index (χ4v) is 4.41. The van der Waals surface area contributed by atoms with Crippen LogP contribution in [0, 0.1) is 0 Å². The number of carbonyl (C=O) groups excluding carboxylic acids is 1. The van der Waals surface area contributed by atoms with Gasteiger partial charge in [0.1, 0.15) is 11.8 Å². The largest absolute Gasteiger partial charge is 0.405 e. The van der Waals surface area contributed by atoms with Crippen molar-refractivity contribution < 1.29 is 9.63 Å². The van der Waals surface area contributed by atoms with E-state index < -0.39 is 0 Å². The van der Waals surface area contributed by atoms with Crippen LogP contribution in [0.4, 0.5) is 0 Å². The summed E-state index contributed by atoms with van der Waals surface area (Å²) in [5.74, 6) is 0.837. The van der Waals surface area contributed by atoms with E-state index in [0.717, 1.165) is 34.9 Å². The highest BCUT2D eigenvalue weighted by molar-refractivity contribution is 6.30. The van der Waals surface area contributed by atoms with Crippen molar-refractivity contribution in [3.63, 3.8) is 0 Å². The highest BCUT2D eigenvalue weighted by Gasteiger charge is 2.32. The minimum atomic E-state index is -0.306. The number of fused-ring (bicyclic) bond motifs is 3. The summed E-state index contributed by atoms with van der Waals surface area (Å²) in [5, 5.41) is 4.92. The number of nitrogens with one attached hydrogen (secondary N) is 1. The molecule has 1 aliphatic heterocycles. The van der Waals surface area contributed by atoms with Crippen molar-refractivity contribution in [1.82, 2.24) is 14.9 Å². The first kappa shape index (κ1) is 20.1. The Bertz CT molecular complexity index is 1230. The molecule has 6 heteroatoms. The van der Waals surface area contributed by atoms with Crippen LogP contribution in [-0.4, -0.2) is 46.4 Å². The van der Waals surface area contributed by atoms with Gasteiger partial charge in [0.25, 0.3) is 0 Å². The van der Waals surface area contributed by atoms with Crippen LogP contribution in [0.15, 0.2) is 66.7 Å². The molecule has 1 fully saturated rings. The van der Waals surface area contributed by atoms with Crippen molar-refractivity contribution in [1.29, 1.82) is 0 Å². The summed E-state index contributed by atoms with van der Waals surface area (Å²) in [6.07, 6.45) is 0. The van der Waals surface area contributed by atoms with E-state index in [1.807, 2.05) is 53.6 Å². The van der Waals surface area contributed by atoms with Gasteiger partial charge in [-0.05, 0) is 42.8 Å². The molecule has 0 bridgehead atoms. The summed E-state index contributed by atoms with van der Waals surface area (Å²) in [5.41, 5.74) is 3.32. The minimum absolute atomic E-state index is 0.104. The standard InChI is InChI=1S/C25H24ClN3O2/c1-17(30)25-16-28(15-18-6-8-19(26)9-7-18)12-13-29(25)31-20-10-11-22-21-4-2-3-5-23(21)27-24(22)14-20/h2-11,14,25,27H,12-13,15-16H2,1H3. The number of hydroxylamine groups is 2. The highest BCUT2D eigenvalue weighted by Crippen LogP contribution is 2.29. The molecular formula is C25H24ClN3O2. The van der Waals surface area contributed by atoms with Crippen LogP contribution in [0.2, 0.25) is 5.02 Å². The molecule has 5 rings (SSSR count). The SMILES string of the molecule is CC(=O)C1CN(Cc2ccc(Cl)cc2)CCN1Oc1ccc2c(c1)[nH]c1ccccc12. The molecule has 0 spiro atoms. The van der Waals surface area contributed by atoms with Crippen LogP contribution < -0.4 is 4.84 Å². The molecule has 0 saturated carbocycles. The van der Waals surface area contributed by atoms with E-state index in [-0.39, 0.29) is 11.8 Å². The van der Waals surface area contributed by atoms with Gasteiger partial charge in [0.15, 0.2) is 5.78 Å². The number of hydrogen-bond acceptors (Lipinski definition) is 4. The number of nitrogens with zero attached hydrogens (tertiary/aromatic N) is 2. The molecule has 1 aliphatic rings. The first-order valence-corrected chi connectivity index (χ1v) is 10.9. The Morgan fingerprint density at radius 1 is 1.03 bits per heavy atom.